The maximum Gasteiger partial charge on any atom is 0.243 e. The Hall–Kier alpha value is -6.00. The van der Waals surface area contributed by atoms with Gasteiger partial charge < -0.3 is 65.9 Å². The highest BCUT2D eigenvalue weighted by Gasteiger charge is 2.50. The molecule has 2 aliphatic carbocycles. The lowest BCUT2D eigenvalue weighted by Gasteiger charge is -2.43. The molecule has 0 bridgehead atoms. The first-order valence-electron chi connectivity index (χ1n) is 21.1. The number of methoxy groups -OCH3 is 1. The lowest BCUT2D eigenvalue weighted by atomic mass is 9.72. The number of aliphatic hydroxyl groups is 3. The number of unbranched alkanes of at least 4 members (excludes halogenated alkanes) is 1. The second-order valence-electron chi connectivity index (χ2n) is 16.3. The Morgan fingerprint density at radius 2 is 1.80 bits per heavy atom. The number of likely N-dealkylation sites (tertiary alicyclic amines) is 1. The van der Waals surface area contributed by atoms with Crippen molar-refractivity contribution in [1.82, 2.24) is 26.2 Å². The van der Waals surface area contributed by atoms with Gasteiger partial charge in [-0.25, -0.2) is 0 Å². The smallest absolute Gasteiger partial charge is 0.243 e. The summed E-state index contributed by atoms with van der Waals surface area (Å²) < 4.78 is 17.6. The van der Waals surface area contributed by atoms with E-state index in [0.717, 1.165) is 0 Å². The number of ketones is 3. The third-order valence-electron chi connectivity index (χ3n) is 12.2. The van der Waals surface area contributed by atoms with Crippen LogP contribution in [0.5, 0.6) is 17.2 Å². The molecule has 5 amide bonds. The van der Waals surface area contributed by atoms with Crippen molar-refractivity contribution in [1.29, 1.82) is 0 Å². The van der Waals surface area contributed by atoms with Crippen molar-refractivity contribution in [2.45, 2.75) is 114 Å². The van der Waals surface area contributed by atoms with E-state index >= 15 is 0 Å². The predicted molar refractivity (Wildman–Crippen MR) is 219 cm³/mol. The molecule has 346 valence electrons. The lowest BCUT2D eigenvalue weighted by Crippen LogP contribution is -2.60. The fraction of sp³-hybridized carbons (Fsp3) is 0.535. The second-order valence-corrected chi connectivity index (χ2v) is 16.3. The van der Waals surface area contributed by atoms with Crippen LogP contribution < -0.4 is 26.0 Å². The average Bonchev–Trinajstić information content (AvgIpc) is 3.78. The number of aromatic hydroxyl groups is 2. The number of nitrogens with one attached hydrogen (secondary N) is 4. The molecule has 2 heterocycles. The minimum absolute atomic E-state index is 0.0289. The van der Waals surface area contributed by atoms with Crippen LogP contribution in [-0.2, 0) is 44.7 Å². The fourth-order valence-electron chi connectivity index (χ4n) is 8.90. The van der Waals surface area contributed by atoms with E-state index in [4.69, 9.17) is 14.2 Å². The maximum atomic E-state index is 14.0. The summed E-state index contributed by atoms with van der Waals surface area (Å²) in [5.74, 6) is -6.74. The number of Topliss-reactive ketones (excluding diaryl/α,β-unsaturated/α-hetero) is 1. The van der Waals surface area contributed by atoms with Crippen LogP contribution in [0.1, 0.15) is 108 Å². The summed E-state index contributed by atoms with van der Waals surface area (Å²) in [6.45, 7) is 1.72. The summed E-state index contributed by atoms with van der Waals surface area (Å²) in [5.41, 5.74) is -4.37. The molecule has 9 N–H and O–H groups in total. The fourth-order valence-corrected chi connectivity index (χ4v) is 8.90. The van der Waals surface area contributed by atoms with E-state index in [1.165, 1.54) is 37.1 Å². The van der Waals surface area contributed by atoms with Crippen LogP contribution in [0.4, 0.5) is 0 Å². The normalized spacial score (nSPS) is 25.2. The number of aliphatic hydroxyl groups excluding tert-OH is 2. The van der Waals surface area contributed by atoms with Gasteiger partial charge in [0.1, 0.15) is 47.6 Å². The van der Waals surface area contributed by atoms with Gasteiger partial charge in [-0.3, -0.25) is 38.4 Å². The van der Waals surface area contributed by atoms with Crippen molar-refractivity contribution in [3.05, 3.63) is 51.6 Å². The lowest BCUT2D eigenvalue weighted by molar-refractivity contribution is -0.249. The number of carbonyl (C=O) groups is 8. The number of phenols is 2. The zero-order valence-corrected chi connectivity index (χ0v) is 35.5. The first-order valence-corrected chi connectivity index (χ1v) is 21.1. The Bertz CT molecular complexity index is 2220. The monoisotopic (exact) mass is 895 g/mol. The molecule has 0 radical (unpaired) electrons. The quantitative estimate of drug-likeness (QED) is 0.0561. The van der Waals surface area contributed by atoms with E-state index in [1.54, 1.807) is 0 Å². The van der Waals surface area contributed by atoms with Crippen molar-refractivity contribution in [2.75, 3.05) is 33.4 Å². The second kappa shape index (κ2) is 19.8. The van der Waals surface area contributed by atoms with Crippen molar-refractivity contribution >= 4 is 47.4 Å². The molecule has 21 heteroatoms. The number of benzene rings is 2. The molecule has 0 saturated carbocycles. The molecule has 6 unspecified atom stereocenters. The zero-order chi connectivity index (χ0) is 46.6. The standard InChI is InChI=1S/C43H53N5O16/c1-4-5-9-23(46-42(60)25-10-7-12-48(25)30(53)17-45-29(52)16-44-19-50)41(59)47-24-13-31(63-20(2)36(24)54)64-27-15-43(61,28(51)18-49)14-22-33(27)40(58)35-34(38(22)56)37(55)21-8-6-11-26(62-3)32(21)39(35)57/h6,8,11,19-20,23-25,27,31,36,49,54,56,58,61H,4-5,7,9-10,12-18H2,1-3H3,(H,44,50)(H,45,52)(H,46,60)(H,47,59)/t20?,23?,24?,25?,27-,31?,36?,43-/m0/s1. The van der Waals surface area contributed by atoms with Gasteiger partial charge in [0.25, 0.3) is 0 Å². The highest BCUT2D eigenvalue weighted by atomic mass is 16.7. The highest BCUT2D eigenvalue weighted by Crippen LogP contribution is 2.52. The molecule has 2 aliphatic heterocycles. The van der Waals surface area contributed by atoms with Gasteiger partial charge in [0.15, 0.2) is 17.9 Å². The number of carbonyl (C=O) groups excluding carboxylic acids is 8. The minimum Gasteiger partial charge on any atom is -0.507 e. The Balaban J connectivity index is 1.23. The third kappa shape index (κ3) is 9.29. The Morgan fingerprint density at radius 3 is 2.48 bits per heavy atom. The van der Waals surface area contributed by atoms with Crippen LogP contribution in [0.25, 0.3) is 0 Å². The van der Waals surface area contributed by atoms with Crippen molar-refractivity contribution in [3.63, 3.8) is 0 Å². The van der Waals surface area contributed by atoms with E-state index < -0.39 is 138 Å². The number of hydrogen-bond donors (Lipinski definition) is 9. The molecule has 2 aromatic carbocycles. The van der Waals surface area contributed by atoms with Gasteiger partial charge in [-0.05, 0) is 32.3 Å². The van der Waals surface area contributed by atoms with Crippen LogP contribution in [0.3, 0.4) is 0 Å². The molecule has 8 atom stereocenters. The van der Waals surface area contributed by atoms with Gasteiger partial charge in [-0.15, -0.1) is 0 Å². The first-order chi connectivity index (χ1) is 30.5. The summed E-state index contributed by atoms with van der Waals surface area (Å²) in [4.78, 5) is 105. The number of nitrogens with zero attached hydrogens (tertiary/aromatic N) is 1. The zero-order valence-electron chi connectivity index (χ0n) is 35.5. The van der Waals surface area contributed by atoms with Crippen LogP contribution in [0.15, 0.2) is 18.2 Å². The molecule has 2 aromatic rings. The van der Waals surface area contributed by atoms with Crippen molar-refractivity contribution in [2.24, 2.45) is 0 Å². The number of amides is 5. The maximum absolute atomic E-state index is 14.0. The van der Waals surface area contributed by atoms with E-state index in [2.05, 4.69) is 21.3 Å². The number of hydrogen-bond acceptors (Lipinski definition) is 16. The summed E-state index contributed by atoms with van der Waals surface area (Å²) in [5, 5.41) is 66.4. The SMILES string of the molecule is CCCCC(NC(=O)C1CCCN1C(=O)CNC(=O)CNC=O)C(=O)NC1CC(O[C@H]2C[C@](O)(C(=O)CO)Cc3c(O)c4c(c(O)c32)C(=O)c2c(OC)cccc2C4=O)OC(C)C1O. The Labute approximate surface area is 366 Å². The first kappa shape index (κ1) is 47.5. The molecular weight excluding hydrogens is 842 g/mol. The van der Waals surface area contributed by atoms with E-state index in [1.807, 2.05) is 6.92 Å². The number of fused-ring (bicyclic) bond motifs is 3. The van der Waals surface area contributed by atoms with Crippen LogP contribution in [0, 0.1) is 0 Å². The molecule has 2 saturated heterocycles. The van der Waals surface area contributed by atoms with E-state index in [9.17, 15) is 63.9 Å². The third-order valence-corrected chi connectivity index (χ3v) is 12.2. The molecule has 4 aliphatic rings. The summed E-state index contributed by atoms with van der Waals surface area (Å²) in [7, 11) is 1.29. The van der Waals surface area contributed by atoms with Gasteiger partial charge in [0.2, 0.25) is 35.8 Å². The predicted octanol–water partition coefficient (Wildman–Crippen LogP) is -1.31. The molecule has 6 rings (SSSR count). The summed E-state index contributed by atoms with van der Waals surface area (Å²) in [6, 6.07) is 1.09. The van der Waals surface area contributed by atoms with E-state index in [-0.39, 0.29) is 53.9 Å². The summed E-state index contributed by atoms with van der Waals surface area (Å²) >= 11 is 0. The highest BCUT2D eigenvalue weighted by molar-refractivity contribution is 6.31. The minimum atomic E-state index is -2.41. The molecule has 21 nitrogen and oxygen atoms in total. The average molecular weight is 896 g/mol. The van der Waals surface area contributed by atoms with E-state index in [0.29, 0.717) is 32.1 Å². The van der Waals surface area contributed by atoms with Gasteiger partial charge in [0.05, 0.1) is 55.1 Å². The largest absolute Gasteiger partial charge is 0.507 e. The van der Waals surface area contributed by atoms with Crippen LogP contribution in [0.2, 0.25) is 0 Å². The van der Waals surface area contributed by atoms with Crippen LogP contribution >= 0.6 is 0 Å². The topological polar surface area (TPSA) is 317 Å². The number of rotatable bonds is 17. The molecule has 2 fully saturated rings. The number of phenolic OH excluding ortho intramolecular Hbond substituents is 2. The Kier molecular flexibility index (Phi) is 14.7. The molecule has 64 heavy (non-hydrogen) atoms. The van der Waals surface area contributed by atoms with Gasteiger partial charge in [-0.1, -0.05) is 31.9 Å². The van der Waals surface area contributed by atoms with Crippen LogP contribution in [-0.4, -0.2) is 153 Å². The van der Waals surface area contributed by atoms with Gasteiger partial charge in [-0.2, -0.15) is 0 Å². The molecular formula is C43H53N5O16. The summed E-state index contributed by atoms with van der Waals surface area (Å²) in [6.07, 6.45) is -4.41. The Morgan fingerprint density at radius 1 is 1.06 bits per heavy atom. The molecule has 0 spiro atoms. The van der Waals surface area contributed by atoms with Gasteiger partial charge in [0, 0.05) is 42.5 Å². The number of ether oxygens (including phenoxy) is 3. The van der Waals surface area contributed by atoms with Gasteiger partial charge >= 0.3 is 0 Å². The van der Waals surface area contributed by atoms with Crippen molar-refractivity contribution in [3.8, 4) is 17.2 Å². The molecule has 0 aromatic heterocycles. The van der Waals surface area contributed by atoms with Crippen molar-refractivity contribution < 1.29 is 78.1 Å².